The molecule has 0 aliphatic rings. The van der Waals surface area contributed by atoms with Gasteiger partial charge in [-0.3, -0.25) is 19.2 Å². The van der Waals surface area contributed by atoms with Crippen molar-refractivity contribution < 1.29 is 34.2 Å². The first-order valence-electron chi connectivity index (χ1n) is 8.73. The molecule has 0 rings (SSSR count). The van der Waals surface area contributed by atoms with Gasteiger partial charge in [0, 0.05) is 0 Å². The molecule has 0 fully saturated rings. The summed E-state index contributed by atoms with van der Waals surface area (Å²) in [6, 6.07) is -4.99. The van der Waals surface area contributed by atoms with E-state index in [0.717, 1.165) is 0 Å². The van der Waals surface area contributed by atoms with Crippen LogP contribution in [0.25, 0.3) is 0 Å². The molecule has 0 aromatic heterocycles. The van der Waals surface area contributed by atoms with E-state index in [1.807, 2.05) is 12.2 Å². The Kier molecular flexibility index (Phi) is 10.7. The van der Waals surface area contributed by atoms with Crippen LogP contribution in [-0.4, -0.2) is 70.6 Å². The van der Waals surface area contributed by atoms with Crippen LogP contribution in [0.5, 0.6) is 0 Å². The predicted octanol–water partition coefficient (Wildman–Crippen LogP) is -3.21. The van der Waals surface area contributed by atoms with Crippen LogP contribution < -0.4 is 27.4 Å². The molecule has 0 radical (unpaired) electrons. The largest absolute Gasteiger partial charge is 0.480 e. The second-order valence-electron chi connectivity index (χ2n) is 6.46. The maximum atomic E-state index is 12.2. The number of aliphatic hydroxyl groups excluding tert-OH is 1. The van der Waals surface area contributed by atoms with Crippen LogP contribution >= 0.6 is 0 Å². The van der Waals surface area contributed by atoms with Crippen LogP contribution in [0.4, 0.5) is 0 Å². The topological polar surface area (TPSA) is 214 Å². The molecule has 4 amide bonds. The number of amides is 4. The Hall–Kier alpha value is -2.73. The van der Waals surface area contributed by atoms with Gasteiger partial charge in [-0.1, -0.05) is 20.3 Å². The van der Waals surface area contributed by atoms with Gasteiger partial charge in [-0.25, -0.2) is 4.79 Å². The molecule has 0 saturated heterocycles. The molecule has 0 bridgehead atoms. The van der Waals surface area contributed by atoms with E-state index < -0.39 is 66.8 Å². The van der Waals surface area contributed by atoms with Crippen molar-refractivity contribution in [2.45, 2.75) is 57.8 Å². The van der Waals surface area contributed by atoms with Crippen LogP contribution in [0, 0.1) is 5.92 Å². The first kappa shape index (κ1) is 25.3. The van der Waals surface area contributed by atoms with E-state index >= 15 is 0 Å². The van der Waals surface area contributed by atoms with Crippen molar-refractivity contribution in [2.24, 2.45) is 17.4 Å². The van der Waals surface area contributed by atoms with Crippen LogP contribution in [0.15, 0.2) is 0 Å². The lowest BCUT2D eigenvalue weighted by Crippen LogP contribution is -2.58. The fraction of sp³-hybridized carbons (Fsp3) is 0.688. The summed E-state index contributed by atoms with van der Waals surface area (Å²) in [6.07, 6.45) is 0.00506. The third-order valence-electron chi connectivity index (χ3n) is 4.15. The van der Waals surface area contributed by atoms with Crippen molar-refractivity contribution in [3.05, 3.63) is 0 Å². The van der Waals surface area contributed by atoms with Gasteiger partial charge in [0.15, 0.2) is 0 Å². The van der Waals surface area contributed by atoms with E-state index in [2.05, 4.69) is 10.6 Å². The molecular formula is C16H29N5O7. The zero-order valence-corrected chi connectivity index (χ0v) is 16.1. The first-order valence-corrected chi connectivity index (χ1v) is 8.73. The van der Waals surface area contributed by atoms with E-state index in [4.69, 9.17) is 16.6 Å². The smallest absolute Gasteiger partial charge is 0.326 e. The lowest BCUT2D eigenvalue weighted by molar-refractivity contribution is -0.144. The highest BCUT2D eigenvalue weighted by atomic mass is 16.4. The molecule has 0 saturated carbocycles. The van der Waals surface area contributed by atoms with Gasteiger partial charge < -0.3 is 37.6 Å². The monoisotopic (exact) mass is 403 g/mol. The van der Waals surface area contributed by atoms with Gasteiger partial charge in [-0.05, 0) is 12.8 Å². The highest BCUT2D eigenvalue weighted by Gasteiger charge is 2.29. The summed E-state index contributed by atoms with van der Waals surface area (Å²) in [7, 11) is 0. The van der Waals surface area contributed by atoms with Crippen LogP contribution in [0.2, 0.25) is 0 Å². The highest BCUT2D eigenvalue weighted by molar-refractivity contribution is 5.94. The Morgan fingerprint density at radius 2 is 1.46 bits per heavy atom. The van der Waals surface area contributed by atoms with Gasteiger partial charge in [0.2, 0.25) is 23.6 Å². The molecule has 0 spiro atoms. The van der Waals surface area contributed by atoms with Crippen molar-refractivity contribution in [1.82, 2.24) is 16.0 Å². The minimum atomic E-state index is -1.61. The molecule has 5 atom stereocenters. The molecule has 0 aliphatic heterocycles. The number of primary amides is 1. The van der Waals surface area contributed by atoms with Gasteiger partial charge in [-0.15, -0.1) is 0 Å². The maximum Gasteiger partial charge on any atom is 0.326 e. The number of carbonyl (C=O) groups excluding carboxylic acids is 4. The van der Waals surface area contributed by atoms with E-state index in [9.17, 15) is 29.1 Å². The Balaban J connectivity index is 4.88. The Morgan fingerprint density at radius 3 is 1.89 bits per heavy atom. The molecule has 5 unspecified atom stereocenters. The summed E-state index contributed by atoms with van der Waals surface area (Å²) >= 11 is 0. The molecule has 12 heteroatoms. The Morgan fingerprint density at radius 1 is 0.929 bits per heavy atom. The predicted molar refractivity (Wildman–Crippen MR) is 97.4 cm³/mol. The number of nitrogens with one attached hydrogen (secondary N) is 3. The number of hydrogen-bond acceptors (Lipinski definition) is 7. The second-order valence-corrected chi connectivity index (χ2v) is 6.46. The summed E-state index contributed by atoms with van der Waals surface area (Å²) in [5, 5.41) is 24.9. The van der Waals surface area contributed by atoms with Gasteiger partial charge in [0.05, 0.1) is 19.1 Å². The number of carboxylic acids is 1. The summed E-state index contributed by atoms with van der Waals surface area (Å²) < 4.78 is 0. The number of hydrogen-bond donors (Lipinski definition) is 7. The molecule has 0 heterocycles. The van der Waals surface area contributed by atoms with E-state index in [1.165, 1.54) is 6.92 Å². The van der Waals surface area contributed by atoms with Crippen molar-refractivity contribution in [3.63, 3.8) is 0 Å². The number of nitrogens with two attached hydrogens (primary N) is 2. The molecule has 160 valence electrons. The van der Waals surface area contributed by atoms with E-state index in [0.29, 0.717) is 6.42 Å². The first-order chi connectivity index (χ1) is 12.9. The molecule has 9 N–H and O–H groups in total. The zero-order chi connectivity index (χ0) is 22.0. The number of aliphatic hydroxyl groups is 1. The Labute approximate surface area is 162 Å². The van der Waals surface area contributed by atoms with Crippen LogP contribution in [0.1, 0.15) is 33.6 Å². The fourth-order valence-corrected chi connectivity index (χ4v) is 2.05. The molecule has 0 aliphatic carbocycles. The third kappa shape index (κ3) is 8.31. The average molecular weight is 403 g/mol. The Bertz CT molecular complexity index is 598. The number of aliphatic carboxylic acids is 1. The summed E-state index contributed by atoms with van der Waals surface area (Å²) in [5.41, 5.74) is 10.7. The van der Waals surface area contributed by atoms with Gasteiger partial charge in [0.25, 0.3) is 0 Å². The fourth-order valence-electron chi connectivity index (χ4n) is 2.05. The average Bonchev–Trinajstić information content (AvgIpc) is 2.62. The summed E-state index contributed by atoms with van der Waals surface area (Å²) in [6.45, 7) is 4.16. The van der Waals surface area contributed by atoms with Crippen molar-refractivity contribution in [1.29, 1.82) is 0 Å². The summed E-state index contributed by atoms with van der Waals surface area (Å²) in [5.74, 6) is -4.93. The molecule has 0 aromatic carbocycles. The third-order valence-corrected chi connectivity index (χ3v) is 4.15. The minimum absolute atomic E-state index is 0.107. The zero-order valence-electron chi connectivity index (χ0n) is 16.1. The lowest BCUT2D eigenvalue weighted by Gasteiger charge is -2.23. The highest BCUT2D eigenvalue weighted by Crippen LogP contribution is 2.05. The van der Waals surface area contributed by atoms with Gasteiger partial charge >= 0.3 is 5.97 Å². The number of rotatable bonds is 12. The van der Waals surface area contributed by atoms with Crippen molar-refractivity contribution in [3.8, 4) is 0 Å². The normalized spacial score (nSPS) is 16.0. The van der Waals surface area contributed by atoms with Gasteiger partial charge in [0.1, 0.15) is 18.1 Å². The second kappa shape index (κ2) is 11.9. The van der Waals surface area contributed by atoms with Gasteiger partial charge in [-0.2, -0.15) is 0 Å². The molecular weight excluding hydrogens is 374 g/mol. The molecule has 0 aromatic rings. The van der Waals surface area contributed by atoms with Crippen molar-refractivity contribution in [2.75, 3.05) is 6.61 Å². The van der Waals surface area contributed by atoms with E-state index in [-0.39, 0.29) is 5.92 Å². The number of carbonyl (C=O) groups is 5. The summed E-state index contributed by atoms with van der Waals surface area (Å²) in [4.78, 5) is 58.2. The quantitative estimate of drug-likeness (QED) is 0.175. The van der Waals surface area contributed by atoms with E-state index in [1.54, 1.807) is 6.92 Å². The SMILES string of the molecule is CCC(C)C(N)C(=O)NC(C)C(=O)NC(CO)C(=O)NC(CC(N)=O)C(=O)O. The molecule has 28 heavy (non-hydrogen) atoms. The lowest BCUT2D eigenvalue weighted by atomic mass is 9.99. The van der Waals surface area contributed by atoms with Crippen LogP contribution in [-0.2, 0) is 24.0 Å². The number of carboxylic acid groups (broad SMARTS) is 1. The maximum absolute atomic E-state index is 12.2. The standard InChI is InChI=1S/C16H29N5O7/c1-4-7(2)12(18)15(26)19-8(3)13(24)21-10(6-22)14(25)20-9(16(27)28)5-11(17)23/h7-10,12,22H,4-6,18H2,1-3H3,(H2,17,23)(H,19,26)(H,20,25)(H,21,24)(H,27,28). The van der Waals surface area contributed by atoms with Crippen molar-refractivity contribution >= 4 is 29.6 Å². The molecule has 12 nitrogen and oxygen atoms in total. The minimum Gasteiger partial charge on any atom is -0.480 e. The van der Waals surface area contributed by atoms with Crippen LogP contribution in [0.3, 0.4) is 0 Å².